The number of ether oxygens (including phenoxy) is 2. The molecule has 1 aromatic rings. The van der Waals surface area contributed by atoms with E-state index in [9.17, 15) is 0 Å². The molecule has 3 rings (SSSR count). The van der Waals surface area contributed by atoms with Crippen molar-refractivity contribution in [2.45, 2.75) is 25.0 Å². The van der Waals surface area contributed by atoms with E-state index in [0.717, 1.165) is 57.9 Å². The van der Waals surface area contributed by atoms with Gasteiger partial charge in [0.1, 0.15) is 11.4 Å². The molecule has 20 heavy (non-hydrogen) atoms. The molecule has 0 amide bonds. The third kappa shape index (κ3) is 2.97. The second-order valence-corrected chi connectivity index (χ2v) is 5.83. The summed E-state index contributed by atoms with van der Waals surface area (Å²) >= 11 is 0. The fourth-order valence-corrected chi connectivity index (χ4v) is 3.13. The number of likely N-dealkylation sites (tertiary alicyclic amines) is 1. The minimum Gasteiger partial charge on any atom is -0.486 e. The topological polar surface area (TPSA) is 33.7 Å². The van der Waals surface area contributed by atoms with Crippen LogP contribution in [-0.2, 0) is 11.3 Å². The molecule has 1 saturated heterocycles. The Morgan fingerprint density at radius 2 is 2.10 bits per heavy atom. The summed E-state index contributed by atoms with van der Waals surface area (Å²) in [6, 6.07) is 8.39. The van der Waals surface area contributed by atoms with Gasteiger partial charge in [0.2, 0.25) is 0 Å². The second kappa shape index (κ2) is 6.12. The van der Waals surface area contributed by atoms with Crippen molar-refractivity contribution in [2.24, 2.45) is 0 Å². The highest BCUT2D eigenvalue weighted by Crippen LogP contribution is 2.32. The maximum atomic E-state index is 6.42. The highest BCUT2D eigenvalue weighted by molar-refractivity contribution is 5.34. The molecule has 0 aliphatic carbocycles. The first-order valence-electron chi connectivity index (χ1n) is 7.50. The maximum Gasteiger partial charge on any atom is 0.124 e. The average molecular weight is 276 g/mol. The van der Waals surface area contributed by atoms with Gasteiger partial charge < -0.3 is 19.7 Å². The molecule has 0 unspecified atom stereocenters. The molecule has 4 nitrogen and oxygen atoms in total. The van der Waals surface area contributed by atoms with Crippen LogP contribution in [0.15, 0.2) is 24.3 Å². The van der Waals surface area contributed by atoms with Gasteiger partial charge in [0.15, 0.2) is 0 Å². The molecule has 2 aliphatic heterocycles. The number of piperidine rings is 1. The van der Waals surface area contributed by atoms with Gasteiger partial charge >= 0.3 is 0 Å². The summed E-state index contributed by atoms with van der Waals surface area (Å²) in [7, 11) is 1.76. The van der Waals surface area contributed by atoms with Crippen molar-refractivity contribution in [3.63, 3.8) is 0 Å². The van der Waals surface area contributed by atoms with Crippen molar-refractivity contribution in [3.8, 4) is 5.75 Å². The average Bonchev–Trinajstić information content (AvgIpc) is 2.66. The molecule has 0 bridgehead atoms. The SMILES string of the molecule is COCCN1CCC2(CC1)CNCc1ccccc1O2. The number of methoxy groups -OCH3 is 1. The van der Waals surface area contributed by atoms with Gasteiger partial charge in [-0.05, 0) is 6.07 Å². The number of hydrogen-bond donors (Lipinski definition) is 1. The first-order valence-corrected chi connectivity index (χ1v) is 7.50. The number of nitrogens with one attached hydrogen (secondary N) is 1. The van der Waals surface area contributed by atoms with E-state index in [2.05, 4.69) is 34.5 Å². The Labute approximate surface area is 121 Å². The van der Waals surface area contributed by atoms with Crippen molar-refractivity contribution in [3.05, 3.63) is 29.8 Å². The first-order chi connectivity index (χ1) is 9.81. The van der Waals surface area contributed by atoms with Crippen LogP contribution in [0, 0.1) is 0 Å². The molecular formula is C16H24N2O2. The highest BCUT2D eigenvalue weighted by Gasteiger charge is 2.38. The van der Waals surface area contributed by atoms with Crippen LogP contribution in [0.3, 0.4) is 0 Å². The number of benzene rings is 1. The van der Waals surface area contributed by atoms with Crippen molar-refractivity contribution in [1.29, 1.82) is 0 Å². The molecule has 4 heteroatoms. The Kier molecular flexibility index (Phi) is 4.24. The molecular weight excluding hydrogens is 252 g/mol. The van der Waals surface area contributed by atoms with Crippen LogP contribution in [0.2, 0.25) is 0 Å². The van der Waals surface area contributed by atoms with Crippen LogP contribution in [0.25, 0.3) is 0 Å². The summed E-state index contributed by atoms with van der Waals surface area (Å²) in [5.74, 6) is 1.06. The van der Waals surface area contributed by atoms with Gasteiger partial charge in [-0.15, -0.1) is 0 Å². The van der Waals surface area contributed by atoms with E-state index in [1.165, 1.54) is 5.56 Å². The Bertz CT molecular complexity index is 442. The number of rotatable bonds is 3. The normalized spacial score (nSPS) is 22.1. The summed E-state index contributed by atoms with van der Waals surface area (Å²) in [4.78, 5) is 2.47. The number of para-hydroxylation sites is 1. The molecule has 2 aliphatic rings. The van der Waals surface area contributed by atoms with E-state index in [1.54, 1.807) is 7.11 Å². The first kappa shape index (κ1) is 13.9. The largest absolute Gasteiger partial charge is 0.486 e. The minimum atomic E-state index is -0.0316. The zero-order chi connectivity index (χ0) is 13.8. The lowest BCUT2D eigenvalue weighted by Crippen LogP contribution is -2.53. The monoisotopic (exact) mass is 276 g/mol. The van der Waals surface area contributed by atoms with Crippen LogP contribution < -0.4 is 10.1 Å². The lowest BCUT2D eigenvalue weighted by molar-refractivity contribution is 0.000398. The summed E-state index contributed by atoms with van der Waals surface area (Å²) in [6.07, 6.45) is 2.16. The van der Waals surface area contributed by atoms with Crippen molar-refractivity contribution in [1.82, 2.24) is 10.2 Å². The van der Waals surface area contributed by atoms with Gasteiger partial charge in [-0.1, -0.05) is 18.2 Å². The molecule has 1 spiro atoms. The van der Waals surface area contributed by atoms with E-state index in [1.807, 2.05) is 0 Å². The summed E-state index contributed by atoms with van der Waals surface area (Å²) < 4.78 is 11.6. The van der Waals surface area contributed by atoms with Crippen molar-refractivity contribution < 1.29 is 9.47 Å². The van der Waals surface area contributed by atoms with E-state index < -0.39 is 0 Å². The molecule has 0 radical (unpaired) electrons. The van der Waals surface area contributed by atoms with Gasteiger partial charge in [0.05, 0.1) is 6.61 Å². The Hall–Kier alpha value is -1.10. The standard InChI is InChI=1S/C16H24N2O2/c1-19-11-10-18-8-6-16(7-9-18)13-17-12-14-4-2-3-5-15(14)20-16/h2-5,17H,6-13H2,1H3. The fraction of sp³-hybridized carbons (Fsp3) is 0.625. The summed E-state index contributed by atoms with van der Waals surface area (Å²) in [6.45, 7) is 5.87. The van der Waals surface area contributed by atoms with E-state index >= 15 is 0 Å². The third-order valence-corrected chi connectivity index (χ3v) is 4.44. The Balaban J connectivity index is 1.66. The lowest BCUT2D eigenvalue weighted by Gasteiger charge is -2.41. The molecule has 1 aromatic carbocycles. The predicted molar refractivity (Wildman–Crippen MR) is 79.1 cm³/mol. The zero-order valence-corrected chi connectivity index (χ0v) is 12.2. The van der Waals surface area contributed by atoms with Gasteiger partial charge in [-0.2, -0.15) is 0 Å². The van der Waals surface area contributed by atoms with E-state index in [0.29, 0.717) is 0 Å². The van der Waals surface area contributed by atoms with E-state index in [-0.39, 0.29) is 5.60 Å². The molecule has 1 fully saturated rings. The predicted octanol–water partition coefficient (Wildman–Crippen LogP) is 1.65. The van der Waals surface area contributed by atoms with Gasteiger partial charge in [-0.25, -0.2) is 0 Å². The fourth-order valence-electron chi connectivity index (χ4n) is 3.13. The van der Waals surface area contributed by atoms with Gasteiger partial charge in [0.25, 0.3) is 0 Å². The van der Waals surface area contributed by atoms with Crippen molar-refractivity contribution in [2.75, 3.05) is 39.9 Å². The van der Waals surface area contributed by atoms with Crippen LogP contribution in [-0.4, -0.2) is 50.4 Å². The van der Waals surface area contributed by atoms with Crippen LogP contribution >= 0.6 is 0 Å². The maximum absolute atomic E-state index is 6.42. The molecule has 2 heterocycles. The van der Waals surface area contributed by atoms with Crippen molar-refractivity contribution >= 4 is 0 Å². The highest BCUT2D eigenvalue weighted by atomic mass is 16.5. The molecule has 1 N–H and O–H groups in total. The zero-order valence-electron chi connectivity index (χ0n) is 12.2. The second-order valence-electron chi connectivity index (χ2n) is 5.83. The molecule has 110 valence electrons. The number of fused-ring (bicyclic) bond motifs is 1. The quantitative estimate of drug-likeness (QED) is 0.910. The van der Waals surface area contributed by atoms with Crippen LogP contribution in [0.1, 0.15) is 18.4 Å². The Morgan fingerprint density at radius 1 is 1.30 bits per heavy atom. The molecule has 0 atom stereocenters. The summed E-state index contributed by atoms with van der Waals surface area (Å²) in [5, 5.41) is 3.55. The molecule has 0 aromatic heterocycles. The number of nitrogens with zero attached hydrogens (tertiary/aromatic N) is 1. The van der Waals surface area contributed by atoms with Gasteiger partial charge in [0, 0.05) is 58.2 Å². The van der Waals surface area contributed by atoms with Crippen LogP contribution in [0.4, 0.5) is 0 Å². The van der Waals surface area contributed by atoms with Crippen LogP contribution in [0.5, 0.6) is 5.75 Å². The Morgan fingerprint density at radius 3 is 2.90 bits per heavy atom. The number of hydrogen-bond acceptors (Lipinski definition) is 4. The molecule has 0 saturated carbocycles. The third-order valence-electron chi connectivity index (χ3n) is 4.44. The summed E-state index contributed by atoms with van der Waals surface area (Å²) in [5.41, 5.74) is 1.24. The smallest absolute Gasteiger partial charge is 0.124 e. The van der Waals surface area contributed by atoms with Gasteiger partial charge in [-0.3, -0.25) is 0 Å². The lowest BCUT2D eigenvalue weighted by atomic mass is 9.91. The van der Waals surface area contributed by atoms with E-state index in [4.69, 9.17) is 9.47 Å². The minimum absolute atomic E-state index is 0.0316.